The Balaban J connectivity index is 0.00000198. The van der Waals surface area contributed by atoms with E-state index >= 15 is 4.39 Å². The molecule has 0 saturated carbocycles. The first-order valence-electron chi connectivity index (χ1n) is 13.3. The summed E-state index contributed by atoms with van der Waals surface area (Å²) in [5.74, 6) is -1.66. The van der Waals surface area contributed by atoms with Gasteiger partial charge in [0.2, 0.25) is 12.3 Å². The first-order valence-corrected chi connectivity index (χ1v) is 13.3. The molecule has 12 heteroatoms. The van der Waals surface area contributed by atoms with Crippen molar-refractivity contribution in [1.29, 1.82) is 0 Å². The molecule has 0 N–H and O–H groups in total. The van der Waals surface area contributed by atoms with Crippen molar-refractivity contribution in [2.45, 2.75) is 31.9 Å². The Morgan fingerprint density at radius 2 is 1.76 bits per heavy atom. The van der Waals surface area contributed by atoms with E-state index in [0.717, 1.165) is 48.8 Å². The topological polar surface area (TPSA) is 78.6 Å². The second-order valence-corrected chi connectivity index (χ2v) is 9.88. The normalized spacial score (nSPS) is 13.9. The van der Waals surface area contributed by atoms with Crippen LogP contribution >= 0.6 is 0 Å². The molecule has 0 atom stereocenters. The standard InChI is InChI=1S/C29H29F3N6O2.CH3F/c1-36-12-9-23(10-13-36)37(2)26-15-19(21-4-3-11-33-16-21)7-8-25(26)38(18-39)17-22-6-5-20(14-24(22)30)28-34-35-29(40-28)27(31)32;1-2/h3-8,11,14-16,18,23,27H,9-10,12-13,17H2,1-2H3;1H3. The van der Waals surface area contributed by atoms with E-state index in [2.05, 4.69) is 32.0 Å². The van der Waals surface area contributed by atoms with E-state index in [9.17, 15) is 18.0 Å². The maximum absolute atomic E-state index is 15.2. The second-order valence-electron chi connectivity index (χ2n) is 9.88. The number of rotatable bonds is 9. The molecule has 222 valence electrons. The van der Waals surface area contributed by atoms with Crippen molar-refractivity contribution in [3.8, 4) is 22.6 Å². The Morgan fingerprint density at radius 3 is 2.38 bits per heavy atom. The van der Waals surface area contributed by atoms with E-state index in [1.165, 1.54) is 17.0 Å². The summed E-state index contributed by atoms with van der Waals surface area (Å²) in [7, 11) is 4.63. The lowest BCUT2D eigenvalue weighted by Crippen LogP contribution is -2.42. The van der Waals surface area contributed by atoms with Gasteiger partial charge in [-0.25, -0.2) is 4.39 Å². The SMILES string of the molecule is CF.CN1CCC(N(C)c2cc(-c3cccnc3)ccc2N(C=O)Cc2ccc(-c3nnc(C(F)F)o3)cc2F)CC1. The highest BCUT2D eigenvalue weighted by molar-refractivity contribution is 5.87. The molecule has 2 aromatic carbocycles. The number of benzene rings is 2. The number of halogens is 4. The number of anilines is 2. The predicted molar refractivity (Wildman–Crippen MR) is 153 cm³/mol. The van der Waals surface area contributed by atoms with Crippen molar-refractivity contribution < 1.29 is 26.8 Å². The van der Waals surface area contributed by atoms with Crippen LogP contribution in [0, 0.1) is 5.82 Å². The third-order valence-electron chi connectivity index (χ3n) is 7.29. The summed E-state index contributed by atoms with van der Waals surface area (Å²) in [5, 5.41) is 6.86. The molecule has 1 fully saturated rings. The number of alkyl halides is 3. The number of carbonyl (C=O) groups excluding carboxylic acids is 1. The molecule has 8 nitrogen and oxygen atoms in total. The number of aromatic nitrogens is 3. The first-order chi connectivity index (χ1) is 20.3. The van der Waals surface area contributed by atoms with Gasteiger partial charge in [0.1, 0.15) is 5.82 Å². The van der Waals surface area contributed by atoms with Crippen molar-refractivity contribution in [2.75, 3.05) is 44.2 Å². The molecule has 0 unspecified atom stereocenters. The van der Waals surface area contributed by atoms with Crippen molar-refractivity contribution in [3.63, 3.8) is 0 Å². The molecule has 0 aliphatic carbocycles. The minimum atomic E-state index is -2.92. The molecule has 0 radical (unpaired) electrons. The molecule has 1 aliphatic heterocycles. The third-order valence-corrected chi connectivity index (χ3v) is 7.29. The van der Waals surface area contributed by atoms with Gasteiger partial charge in [0, 0.05) is 42.2 Å². The number of piperidine rings is 1. The van der Waals surface area contributed by atoms with Crippen molar-refractivity contribution in [1.82, 2.24) is 20.1 Å². The molecular weight excluding hydrogens is 552 g/mol. The maximum atomic E-state index is 15.2. The number of amides is 1. The van der Waals surface area contributed by atoms with Crippen LogP contribution in [0.2, 0.25) is 0 Å². The van der Waals surface area contributed by atoms with Gasteiger partial charge >= 0.3 is 6.43 Å². The molecule has 1 saturated heterocycles. The van der Waals surface area contributed by atoms with Gasteiger partial charge in [-0.3, -0.25) is 14.2 Å². The Morgan fingerprint density at radius 1 is 1.02 bits per heavy atom. The van der Waals surface area contributed by atoms with E-state index in [1.54, 1.807) is 12.4 Å². The first kappa shape index (κ1) is 30.6. The summed E-state index contributed by atoms with van der Waals surface area (Å²) in [6, 6.07) is 14.1. The molecule has 2 aromatic heterocycles. The number of hydrogen-bond acceptors (Lipinski definition) is 7. The van der Waals surface area contributed by atoms with Crippen LogP contribution in [0.5, 0.6) is 0 Å². The van der Waals surface area contributed by atoms with Gasteiger partial charge < -0.3 is 19.1 Å². The van der Waals surface area contributed by atoms with E-state index < -0.39 is 18.1 Å². The summed E-state index contributed by atoms with van der Waals surface area (Å²) >= 11 is 0. The lowest BCUT2D eigenvalue weighted by molar-refractivity contribution is -0.107. The van der Waals surface area contributed by atoms with Gasteiger partial charge in [-0.1, -0.05) is 18.2 Å². The van der Waals surface area contributed by atoms with Gasteiger partial charge in [-0.05, 0) is 68.9 Å². The quantitative estimate of drug-likeness (QED) is 0.172. The van der Waals surface area contributed by atoms with E-state index in [-0.39, 0.29) is 29.6 Å². The molecule has 42 heavy (non-hydrogen) atoms. The Kier molecular flexibility index (Phi) is 10.2. The van der Waals surface area contributed by atoms with E-state index in [0.29, 0.717) is 19.3 Å². The van der Waals surface area contributed by atoms with E-state index in [1.807, 2.05) is 37.4 Å². The largest absolute Gasteiger partial charge is 0.415 e. The molecule has 5 rings (SSSR count). The lowest BCUT2D eigenvalue weighted by Gasteiger charge is -2.38. The molecule has 3 heterocycles. The molecule has 0 bridgehead atoms. The van der Waals surface area contributed by atoms with Gasteiger partial charge in [0.25, 0.3) is 5.89 Å². The summed E-state index contributed by atoms with van der Waals surface area (Å²) < 4.78 is 55.2. The third kappa shape index (κ3) is 6.93. The smallest absolute Gasteiger partial charge is 0.314 e. The van der Waals surface area contributed by atoms with Crippen LogP contribution in [0.25, 0.3) is 22.6 Å². The summed E-state index contributed by atoms with van der Waals surface area (Å²) in [5.41, 5.74) is 3.81. The molecule has 1 aliphatic rings. The lowest BCUT2D eigenvalue weighted by atomic mass is 10.0. The Labute approximate surface area is 241 Å². The molecule has 4 aromatic rings. The second kappa shape index (κ2) is 14.0. The van der Waals surface area contributed by atoms with Crippen LogP contribution in [0.1, 0.15) is 30.7 Å². The minimum Gasteiger partial charge on any atom is -0.415 e. The fourth-order valence-electron chi connectivity index (χ4n) is 4.95. The van der Waals surface area contributed by atoms with Crippen LogP contribution in [0.15, 0.2) is 65.3 Å². The van der Waals surface area contributed by atoms with Gasteiger partial charge in [0.15, 0.2) is 0 Å². The Hall–Kier alpha value is -4.32. The monoisotopic (exact) mass is 584 g/mol. The van der Waals surface area contributed by atoms with Crippen LogP contribution < -0.4 is 9.80 Å². The van der Waals surface area contributed by atoms with Crippen LogP contribution in [-0.2, 0) is 11.3 Å². The van der Waals surface area contributed by atoms with Gasteiger partial charge in [-0.2, -0.15) is 8.78 Å². The fourth-order valence-corrected chi connectivity index (χ4v) is 4.95. The van der Waals surface area contributed by atoms with Crippen LogP contribution in [0.4, 0.5) is 28.9 Å². The number of nitrogens with zero attached hydrogens (tertiary/aromatic N) is 6. The van der Waals surface area contributed by atoms with Gasteiger partial charge in [-0.15, -0.1) is 10.2 Å². The zero-order valence-corrected chi connectivity index (χ0v) is 23.6. The number of likely N-dealkylation sites (tertiary alicyclic amines) is 1. The summed E-state index contributed by atoms with van der Waals surface area (Å²) in [6.07, 6.45) is 3.22. The number of carbonyl (C=O) groups is 1. The van der Waals surface area contributed by atoms with Crippen molar-refractivity contribution in [2.24, 2.45) is 0 Å². The highest BCUT2D eigenvalue weighted by Gasteiger charge is 2.25. The summed E-state index contributed by atoms with van der Waals surface area (Å²) in [6.45, 7) is 1.91. The van der Waals surface area contributed by atoms with Crippen molar-refractivity contribution in [3.05, 3.63) is 78.2 Å². The summed E-state index contributed by atoms with van der Waals surface area (Å²) in [4.78, 5) is 22.6. The van der Waals surface area contributed by atoms with Crippen molar-refractivity contribution >= 4 is 17.8 Å². The number of pyridine rings is 1. The Bertz CT molecular complexity index is 1460. The van der Waals surface area contributed by atoms with Crippen LogP contribution in [0.3, 0.4) is 0 Å². The number of hydrogen-bond donors (Lipinski definition) is 0. The fraction of sp³-hybridized carbons (Fsp3) is 0.333. The van der Waals surface area contributed by atoms with Gasteiger partial charge in [0.05, 0.1) is 25.1 Å². The minimum absolute atomic E-state index is 0.0395. The molecular formula is C30H32F4N6O2. The molecule has 1 amide bonds. The van der Waals surface area contributed by atoms with E-state index in [4.69, 9.17) is 4.42 Å². The highest BCUT2D eigenvalue weighted by atomic mass is 19.3. The highest BCUT2D eigenvalue weighted by Crippen LogP contribution is 2.36. The maximum Gasteiger partial charge on any atom is 0.314 e. The average molecular weight is 585 g/mol. The molecule has 0 spiro atoms. The van der Waals surface area contributed by atoms with Crippen LogP contribution in [-0.4, -0.2) is 66.9 Å². The zero-order valence-electron chi connectivity index (χ0n) is 23.6. The zero-order chi connectivity index (χ0) is 30.2. The predicted octanol–water partition coefficient (Wildman–Crippen LogP) is 6.15. The average Bonchev–Trinajstić information content (AvgIpc) is 3.53.